The fourth-order valence-corrected chi connectivity index (χ4v) is 3.44. The average molecular weight is 273 g/mol. The monoisotopic (exact) mass is 273 g/mol. The first-order valence-electron chi connectivity index (χ1n) is 7.03. The van der Waals surface area contributed by atoms with Crippen molar-refractivity contribution in [3.63, 3.8) is 0 Å². The van der Waals surface area contributed by atoms with Gasteiger partial charge in [0.25, 0.3) is 0 Å². The second-order valence-corrected chi connectivity index (χ2v) is 5.55. The highest BCUT2D eigenvalue weighted by molar-refractivity contribution is 6.22. The molecule has 2 atom stereocenters. The second kappa shape index (κ2) is 4.23. The Morgan fingerprint density at radius 3 is 2.30 bits per heavy atom. The van der Waals surface area contributed by atoms with E-state index in [1.165, 1.54) is 4.90 Å². The van der Waals surface area contributed by atoms with Crippen LogP contribution in [0.1, 0.15) is 25.7 Å². The Morgan fingerprint density at radius 1 is 0.950 bits per heavy atom. The largest absolute Gasteiger partial charge is 0.454 e. The van der Waals surface area contributed by atoms with Crippen LogP contribution in [0.3, 0.4) is 0 Å². The first-order chi connectivity index (χ1) is 9.75. The molecule has 0 unspecified atom stereocenters. The number of ether oxygens (including phenoxy) is 2. The molecular weight excluding hydrogens is 258 g/mol. The van der Waals surface area contributed by atoms with Crippen molar-refractivity contribution in [2.24, 2.45) is 11.8 Å². The highest BCUT2D eigenvalue weighted by Crippen LogP contribution is 2.42. The first kappa shape index (κ1) is 11.8. The molecule has 1 aromatic carbocycles. The number of benzene rings is 1. The molecule has 1 saturated carbocycles. The number of nitrogens with zero attached hydrogens (tertiary/aromatic N) is 1. The van der Waals surface area contributed by atoms with Crippen molar-refractivity contribution in [1.82, 2.24) is 0 Å². The first-order valence-corrected chi connectivity index (χ1v) is 7.03. The van der Waals surface area contributed by atoms with Crippen LogP contribution in [0, 0.1) is 11.8 Å². The van der Waals surface area contributed by atoms with Crippen LogP contribution in [0.5, 0.6) is 11.5 Å². The SMILES string of the molecule is O=C1[C@@H]2CCCC[C@H]2C(=O)N1c1ccc2c(c1)OCO2. The van der Waals surface area contributed by atoms with Gasteiger partial charge in [0.2, 0.25) is 18.6 Å². The lowest BCUT2D eigenvalue weighted by Gasteiger charge is -2.19. The van der Waals surface area contributed by atoms with Crippen molar-refractivity contribution in [2.75, 3.05) is 11.7 Å². The highest BCUT2D eigenvalue weighted by atomic mass is 16.7. The van der Waals surface area contributed by atoms with Gasteiger partial charge in [-0.2, -0.15) is 0 Å². The molecule has 0 bridgehead atoms. The normalized spacial score (nSPS) is 27.9. The van der Waals surface area contributed by atoms with Crippen LogP contribution in [0.2, 0.25) is 0 Å². The van der Waals surface area contributed by atoms with Crippen LogP contribution < -0.4 is 14.4 Å². The molecule has 20 heavy (non-hydrogen) atoms. The molecule has 1 aromatic rings. The molecule has 0 N–H and O–H groups in total. The summed E-state index contributed by atoms with van der Waals surface area (Å²) in [5, 5.41) is 0. The third kappa shape index (κ3) is 1.55. The molecule has 3 aliphatic rings. The van der Waals surface area contributed by atoms with E-state index in [2.05, 4.69) is 0 Å². The Kier molecular flexibility index (Phi) is 2.49. The maximum Gasteiger partial charge on any atom is 0.237 e. The third-order valence-electron chi connectivity index (χ3n) is 4.46. The molecule has 5 nitrogen and oxygen atoms in total. The summed E-state index contributed by atoms with van der Waals surface area (Å²) < 4.78 is 10.6. The number of anilines is 1. The number of carbonyl (C=O) groups excluding carboxylic acids is 2. The van der Waals surface area contributed by atoms with Crippen molar-refractivity contribution in [1.29, 1.82) is 0 Å². The van der Waals surface area contributed by atoms with Gasteiger partial charge in [0.1, 0.15) is 0 Å². The molecule has 2 aliphatic heterocycles. The number of hydrogen-bond donors (Lipinski definition) is 0. The smallest absolute Gasteiger partial charge is 0.237 e. The molecule has 104 valence electrons. The van der Waals surface area contributed by atoms with Crippen LogP contribution in [0.15, 0.2) is 18.2 Å². The number of fused-ring (bicyclic) bond motifs is 2. The molecule has 0 radical (unpaired) electrons. The van der Waals surface area contributed by atoms with Crippen LogP contribution in [0.25, 0.3) is 0 Å². The summed E-state index contributed by atoms with van der Waals surface area (Å²) in [5.74, 6) is 0.892. The average Bonchev–Trinajstić information content (AvgIpc) is 3.03. The molecule has 0 aromatic heterocycles. The van der Waals surface area contributed by atoms with Gasteiger partial charge >= 0.3 is 0 Å². The van der Waals surface area contributed by atoms with E-state index in [0.717, 1.165) is 25.7 Å². The number of carbonyl (C=O) groups is 2. The Hall–Kier alpha value is -2.04. The Morgan fingerprint density at radius 2 is 1.60 bits per heavy atom. The molecular formula is C15H15NO4. The lowest BCUT2D eigenvalue weighted by Crippen LogP contribution is -2.30. The van der Waals surface area contributed by atoms with E-state index < -0.39 is 0 Å². The van der Waals surface area contributed by atoms with E-state index in [4.69, 9.17) is 9.47 Å². The minimum atomic E-state index is -0.123. The molecule has 5 heteroatoms. The lowest BCUT2D eigenvalue weighted by molar-refractivity contribution is -0.122. The van der Waals surface area contributed by atoms with Gasteiger partial charge < -0.3 is 9.47 Å². The molecule has 0 spiro atoms. The van der Waals surface area contributed by atoms with Crippen molar-refractivity contribution >= 4 is 17.5 Å². The number of rotatable bonds is 1. The van der Waals surface area contributed by atoms with E-state index >= 15 is 0 Å². The van der Waals surface area contributed by atoms with Gasteiger partial charge in [-0.05, 0) is 25.0 Å². The van der Waals surface area contributed by atoms with Gasteiger partial charge in [-0.15, -0.1) is 0 Å². The van der Waals surface area contributed by atoms with Gasteiger partial charge in [0, 0.05) is 6.07 Å². The maximum absolute atomic E-state index is 12.5. The van der Waals surface area contributed by atoms with E-state index in [9.17, 15) is 9.59 Å². The molecule has 2 fully saturated rings. The quantitative estimate of drug-likeness (QED) is 0.735. The molecule has 1 aliphatic carbocycles. The maximum atomic E-state index is 12.5. The van der Waals surface area contributed by atoms with Crippen molar-refractivity contribution in [2.45, 2.75) is 25.7 Å². The summed E-state index contributed by atoms with van der Waals surface area (Å²) in [4.78, 5) is 26.3. The highest BCUT2D eigenvalue weighted by Gasteiger charge is 2.48. The lowest BCUT2D eigenvalue weighted by atomic mass is 9.81. The van der Waals surface area contributed by atoms with Gasteiger partial charge in [0.15, 0.2) is 11.5 Å². The standard InChI is InChI=1S/C15H15NO4/c17-14-10-3-1-2-4-11(10)15(18)16(14)9-5-6-12-13(7-9)20-8-19-12/h5-7,10-11H,1-4,8H2/t10-,11-/m1/s1. The Labute approximate surface area is 116 Å². The summed E-state index contributed by atoms with van der Waals surface area (Å²) >= 11 is 0. The van der Waals surface area contributed by atoms with Crippen LogP contribution in [-0.4, -0.2) is 18.6 Å². The summed E-state index contributed by atoms with van der Waals surface area (Å²) in [6.45, 7) is 0.186. The second-order valence-electron chi connectivity index (χ2n) is 5.55. The third-order valence-corrected chi connectivity index (χ3v) is 4.46. The molecule has 2 amide bonds. The van der Waals surface area contributed by atoms with E-state index in [1.807, 2.05) is 0 Å². The van der Waals surface area contributed by atoms with Gasteiger partial charge in [-0.1, -0.05) is 12.8 Å². The Bertz CT molecular complexity index is 574. The van der Waals surface area contributed by atoms with Gasteiger partial charge in [-0.3, -0.25) is 9.59 Å². The summed E-state index contributed by atoms with van der Waals surface area (Å²) in [5.41, 5.74) is 0.596. The fourth-order valence-electron chi connectivity index (χ4n) is 3.44. The van der Waals surface area contributed by atoms with Crippen molar-refractivity contribution in [3.05, 3.63) is 18.2 Å². The fraction of sp³-hybridized carbons (Fsp3) is 0.467. The number of amides is 2. The zero-order chi connectivity index (χ0) is 13.7. The van der Waals surface area contributed by atoms with Crippen molar-refractivity contribution < 1.29 is 19.1 Å². The minimum absolute atomic E-state index is 0.0569. The molecule has 2 heterocycles. The zero-order valence-electron chi connectivity index (χ0n) is 11.0. The Balaban J connectivity index is 1.71. The van der Waals surface area contributed by atoms with E-state index in [0.29, 0.717) is 17.2 Å². The van der Waals surface area contributed by atoms with Crippen LogP contribution in [0.4, 0.5) is 5.69 Å². The zero-order valence-corrected chi connectivity index (χ0v) is 11.0. The predicted molar refractivity (Wildman–Crippen MR) is 70.5 cm³/mol. The van der Waals surface area contributed by atoms with Gasteiger partial charge in [0.05, 0.1) is 17.5 Å². The number of hydrogen-bond acceptors (Lipinski definition) is 4. The predicted octanol–water partition coefficient (Wildman–Crippen LogP) is 2.09. The minimum Gasteiger partial charge on any atom is -0.454 e. The van der Waals surface area contributed by atoms with Crippen LogP contribution >= 0.6 is 0 Å². The van der Waals surface area contributed by atoms with Crippen LogP contribution in [-0.2, 0) is 9.59 Å². The molecule has 1 saturated heterocycles. The van der Waals surface area contributed by atoms with E-state index in [-0.39, 0.29) is 30.4 Å². The summed E-state index contributed by atoms with van der Waals surface area (Å²) in [6.07, 6.45) is 3.73. The van der Waals surface area contributed by atoms with E-state index in [1.54, 1.807) is 18.2 Å². The van der Waals surface area contributed by atoms with Gasteiger partial charge in [-0.25, -0.2) is 4.90 Å². The number of imide groups is 1. The summed E-state index contributed by atoms with van der Waals surface area (Å²) in [7, 11) is 0. The topological polar surface area (TPSA) is 55.8 Å². The summed E-state index contributed by atoms with van der Waals surface area (Å²) in [6, 6.07) is 5.22. The van der Waals surface area contributed by atoms with Crippen molar-refractivity contribution in [3.8, 4) is 11.5 Å². The molecule has 4 rings (SSSR count).